The Bertz CT molecular complexity index is 1240. The molecule has 3 nitrogen and oxygen atoms in total. The summed E-state index contributed by atoms with van der Waals surface area (Å²) in [5, 5.41) is 10.2. The van der Waals surface area contributed by atoms with Crippen LogP contribution in [-0.4, -0.2) is 20.8 Å². The predicted octanol–water partition coefficient (Wildman–Crippen LogP) is 5.76. The zero-order chi connectivity index (χ0) is 21.7. The Morgan fingerprint density at radius 2 is 1.50 bits per heavy atom. The first-order valence-corrected chi connectivity index (χ1v) is 8.97. The van der Waals surface area contributed by atoms with Crippen molar-refractivity contribution in [1.29, 1.82) is 0 Å². The van der Waals surface area contributed by atoms with Gasteiger partial charge in [0, 0.05) is 5.69 Å². The molecule has 3 aromatic carbocycles. The largest absolute Gasteiger partial charge is 0.425 e. The number of nitrogens with zero attached hydrogens (tertiary/aromatic N) is 2. The Kier molecular flexibility index (Phi) is 4.79. The predicted molar refractivity (Wildman–Crippen MR) is 101 cm³/mol. The van der Waals surface area contributed by atoms with Crippen molar-refractivity contribution in [3.05, 3.63) is 94.8 Å². The fourth-order valence-corrected chi connectivity index (χ4v) is 3.44. The number of aromatic nitrogens is 2. The number of halogens is 6. The van der Waals surface area contributed by atoms with Crippen LogP contribution in [0.5, 0.6) is 0 Å². The van der Waals surface area contributed by atoms with Crippen molar-refractivity contribution in [3.8, 4) is 5.69 Å². The molecular formula is C21H12ClF5N2O. The number of alkyl halides is 3. The van der Waals surface area contributed by atoms with Gasteiger partial charge in [-0.3, -0.25) is 4.57 Å². The summed E-state index contributed by atoms with van der Waals surface area (Å²) in [6.07, 6.45) is -3.75. The summed E-state index contributed by atoms with van der Waals surface area (Å²) in [5.74, 6) is -1.34. The van der Waals surface area contributed by atoms with Crippen LogP contribution in [0.25, 0.3) is 16.7 Å². The third-order valence-electron chi connectivity index (χ3n) is 4.82. The lowest BCUT2D eigenvalue weighted by atomic mass is 9.85. The molecule has 0 fully saturated rings. The Morgan fingerprint density at radius 3 is 2.13 bits per heavy atom. The van der Waals surface area contributed by atoms with Crippen molar-refractivity contribution in [2.75, 3.05) is 0 Å². The molecule has 4 rings (SSSR count). The van der Waals surface area contributed by atoms with Crippen LogP contribution in [0.3, 0.4) is 0 Å². The number of fused-ring (bicyclic) bond motifs is 1. The van der Waals surface area contributed by atoms with E-state index >= 15 is 0 Å². The van der Waals surface area contributed by atoms with E-state index in [4.69, 9.17) is 11.6 Å². The van der Waals surface area contributed by atoms with Gasteiger partial charge in [0.05, 0.1) is 16.1 Å². The number of rotatable bonds is 3. The van der Waals surface area contributed by atoms with Crippen molar-refractivity contribution in [2.45, 2.75) is 11.8 Å². The van der Waals surface area contributed by atoms with Crippen LogP contribution >= 0.6 is 11.6 Å². The minimum Gasteiger partial charge on any atom is -0.372 e. The van der Waals surface area contributed by atoms with Crippen molar-refractivity contribution in [3.63, 3.8) is 0 Å². The summed E-state index contributed by atoms with van der Waals surface area (Å²) in [5.41, 5.74) is -3.38. The molecule has 1 N–H and O–H groups in total. The zero-order valence-electron chi connectivity index (χ0n) is 15.0. The minimum absolute atomic E-state index is 0.174. The number of aliphatic hydroxyl groups is 1. The monoisotopic (exact) mass is 438 g/mol. The molecule has 0 aliphatic heterocycles. The van der Waals surface area contributed by atoms with Crippen molar-refractivity contribution >= 4 is 22.6 Å². The molecule has 1 unspecified atom stereocenters. The number of hydrogen-bond acceptors (Lipinski definition) is 2. The maximum Gasteiger partial charge on any atom is 0.425 e. The van der Waals surface area contributed by atoms with Gasteiger partial charge in [0.2, 0.25) is 5.60 Å². The molecule has 1 heterocycles. The van der Waals surface area contributed by atoms with Gasteiger partial charge in [-0.15, -0.1) is 0 Å². The van der Waals surface area contributed by atoms with Gasteiger partial charge in [-0.2, -0.15) is 13.2 Å². The lowest BCUT2D eigenvalue weighted by Gasteiger charge is -2.31. The second kappa shape index (κ2) is 7.07. The second-order valence-corrected chi connectivity index (χ2v) is 7.04. The van der Waals surface area contributed by atoms with E-state index < -0.39 is 39.6 Å². The summed E-state index contributed by atoms with van der Waals surface area (Å²) >= 11 is 5.64. The summed E-state index contributed by atoms with van der Waals surface area (Å²) in [6.45, 7) is 0. The van der Waals surface area contributed by atoms with E-state index in [2.05, 4.69) is 4.98 Å². The van der Waals surface area contributed by atoms with E-state index in [1.807, 2.05) is 0 Å². The summed E-state index contributed by atoms with van der Waals surface area (Å²) in [4.78, 5) is 4.10. The molecule has 0 amide bonds. The zero-order valence-corrected chi connectivity index (χ0v) is 15.7. The number of hydrogen-bond donors (Lipinski definition) is 1. The number of benzene rings is 3. The summed E-state index contributed by atoms with van der Waals surface area (Å²) in [7, 11) is 0. The molecule has 0 aliphatic carbocycles. The Labute approximate surface area is 172 Å². The van der Waals surface area contributed by atoms with Crippen LogP contribution in [0.4, 0.5) is 22.0 Å². The fraction of sp³-hybridized carbons (Fsp3) is 0.0952. The molecule has 4 aromatic rings. The highest BCUT2D eigenvalue weighted by atomic mass is 35.5. The van der Waals surface area contributed by atoms with E-state index in [1.165, 1.54) is 36.7 Å². The van der Waals surface area contributed by atoms with Gasteiger partial charge in [0.1, 0.15) is 18.0 Å². The molecule has 0 bridgehead atoms. The molecule has 0 radical (unpaired) electrons. The fourth-order valence-electron chi connectivity index (χ4n) is 3.26. The van der Waals surface area contributed by atoms with Gasteiger partial charge in [0.15, 0.2) is 0 Å². The molecule has 0 spiro atoms. The lowest BCUT2D eigenvalue weighted by Crippen LogP contribution is -2.43. The van der Waals surface area contributed by atoms with Crippen molar-refractivity contribution < 1.29 is 27.1 Å². The van der Waals surface area contributed by atoms with Crippen LogP contribution in [-0.2, 0) is 5.60 Å². The van der Waals surface area contributed by atoms with Crippen LogP contribution < -0.4 is 0 Å². The van der Waals surface area contributed by atoms with Gasteiger partial charge >= 0.3 is 6.18 Å². The summed E-state index contributed by atoms with van der Waals surface area (Å²) < 4.78 is 70.1. The van der Waals surface area contributed by atoms with Crippen LogP contribution in [0.15, 0.2) is 67.0 Å². The Morgan fingerprint density at radius 1 is 0.867 bits per heavy atom. The smallest absolute Gasteiger partial charge is 0.372 e. The molecule has 0 saturated carbocycles. The van der Waals surface area contributed by atoms with Gasteiger partial charge in [-0.05, 0) is 59.7 Å². The van der Waals surface area contributed by atoms with E-state index in [0.29, 0.717) is 11.2 Å². The molecule has 1 atom stereocenters. The van der Waals surface area contributed by atoms with Crippen molar-refractivity contribution in [2.24, 2.45) is 0 Å². The first-order chi connectivity index (χ1) is 14.1. The van der Waals surface area contributed by atoms with E-state index in [0.717, 1.165) is 30.3 Å². The lowest BCUT2D eigenvalue weighted by molar-refractivity contribution is -0.248. The van der Waals surface area contributed by atoms with Gasteiger partial charge in [0.25, 0.3) is 0 Å². The standard InChI is InChI=1S/C21H12ClF5N2O/c22-16-9-12(1-7-17(16)24)20(30,21(25,26)27)13-2-8-19-18(10-13)28-11-29(19)15-5-3-14(23)4-6-15/h1-11,30H. The Hall–Kier alpha value is -2.97. The highest BCUT2D eigenvalue weighted by Crippen LogP contribution is 2.45. The quantitative estimate of drug-likeness (QED) is 0.413. The molecule has 30 heavy (non-hydrogen) atoms. The molecule has 0 saturated heterocycles. The highest BCUT2D eigenvalue weighted by molar-refractivity contribution is 6.30. The van der Waals surface area contributed by atoms with E-state index in [-0.39, 0.29) is 5.52 Å². The van der Waals surface area contributed by atoms with Gasteiger partial charge in [-0.25, -0.2) is 13.8 Å². The van der Waals surface area contributed by atoms with Crippen LogP contribution in [0, 0.1) is 11.6 Å². The van der Waals surface area contributed by atoms with Crippen LogP contribution in [0.2, 0.25) is 5.02 Å². The maximum atomic E-state index is 14.0. The average molecular weight is 439 g/mol. The minimum atomic E-state index is -5.12. The SMILES string of the molecule is OC(c1ccc(F)c(Cl)c1)(c1ccc2c(c1)ncn2-c1ccc(F)cc1)C(F)(F)F. The van der Waals surface area contributed by atoms with Crippen LogP contribution in [0.1, 0.15) is 11.1 Å². The molecule has 0 aliphatic rings. The van der Waals surface area contributed by atoms with Crippen molar-refractivity contribution in [1.82, 2.24) is 9.55 Å². The van der Waals surface area contributed by atoms with E-state index in [1.54, 1.807) is 4.57 Å². The molecular weight excluding hydrogens is 427 g/mol. The molecule has 154 valence electrons. The Balaban J connectivity index is 1.87. The topological polar surface area (TPSA) is 38.1 Å². The average Bonchev–Trinajstić information content (AvgIpc) is 3.12. The maximum absolute atomic E-state index is 14.0. The number of imidazole rings is 1. The first-order valence-electron chi connectivity index (χ1n) is 8.59. The second-order valence-electron chi connectivity index (χ2n) is 6.63. The van der Waals surface area contributed by atoms with Gasteiger partial charge in [-0.1, -0.05) is 23.7 Å². The third-order valence-corrected chi connectivity index (χ3v) is 5.11. The first kappa shape index (κ1) is 20.3. The summed E-state index contributed by atoms with van der Waals surface area (Å²) in [6, 6.07) is 11.4. The third kappa shape index (κ3) is 3.22. The highest BCUT2D eigenvalue weighted by Gasteiger charge is 2.56. The molecule has 1 aromatic heterocycles. The molecule has 9 heteroatoms. The van der Waals surface area contributed by atoms with E-state index in [9.17, 15) is 27.1 Å². The normalized spacial score (nSPS) is 14.1. The van der Waals surface area contributed by atoms with Gasteiger partial charge < -0.3 is 5.11 Å².